The van der Waals surface area contributed by atoms with E-state index in [1.54, 1.807) is 6.92 Å². The molecule has 4 heteroatoms. The summed E-state index contributed by atoms with van der Waals surface area (Å²) < 4.78 is -0.924. The number of carbonyl (C=O) groups is 1. The van der Waals surface area contributed by atoms with Gasteiger partial charge in [0.05, 0.1) is 6.61 Å². The Hall–Kier alpha value is -1.52. The topological polar surface area (TPSA) is 57.5 Å². The number of aliphatic hydroxyl groups is 1. The predicted octanol–water partition coefficient (Wildman–Crippen LogP) is 2.95. The van der Waals surface area contributed by atoms with Gasteiger partial charge in [0.15, 0.2) is 0 Å². The van der Waals surface area contributed by atoms with Gasteiger partial charge < -0.3 is 10.2 Å². The van der Waals surface area contributed by atoms with E-state index in [0.29, 0.717) is 12.2 Å². The van der Waals surface area contributed by atoms with Gasteiger partial charge in [-0.15, -0.1) is 11.8 Å². The monoisotopic (exact) mass is 290 g/mol. The molecule has 0 radical (unpaired) electrons. The number of thioether (sulfide) groups is 1. The zero-order chi connectivity index (χ0) is 14.6. The van der Waals surface area contributed by atoms with E-state index < -0.39 is 10.7 Å². The molecule has 0 fully saturated rings. The summed E-state index contributed by atoms with van der Waals surface area (Å²) in [4.78, 5) is 11.6. The molecule has 0 aliphatic heterocycles. The first-order chi connectivity index (χ1) is 9.57. The summed E-state index contributed by atoms with van der Waals surface area (Å²) >= 11 is 1.29. The highest BCUT2D eigenvalue weighted by molar-refractivity contribution is 8.01. The summed E-state index contributed by atoms with van der Waals surface area (Å²) in [6, 6.07) is 13.9. The van der Waals surface area contributed by atoms with Crippen LogP contribution in [0.2, 0.25) is 0 Å². The quantitative estimate of drug-likeness (QED) is 0.859. The Morgan fingerprint density at radius 3 is 2.60 bits per heavy atom. The fourth-order valence-corrected chi connectivity index (χ4v) is 3.19. The van der Waals surface area contributed by atoms with Crippen LogP contribution in [0.1, 0.15) is 12.5 Å². The van der Waals surface area contributed by atoms with E-state index in [1.165, 1.54) is 11.8 Å². The van der Waals surface area contributed by atoms with Crippen LogP contribution in [0.3, 0.4) is 0 Å². The largest absolute Gasteiger partial charge is 0.480 e. The van der Waals surface area contributed by atoms with Crippen LogP contribution in [0.25, 0.3) is 10.8 Å². The van der Waals surface area contributed by atoms with E-state index in [4.69, 9.17) is 5.11 Å². The maximum absolute atomic E-state index is 11.6. The Bertz CT molecular complexity index is 606. The molecule has 2 rings (SSSR count). The first kappa shape index (κ1) is 14.9. The van der Waals surface area contributed by atoms with Crippen molar-refractivity contribution in [2.45, 2.75) is 18.1 Å². The van der Waals surface area contributed by atoms with Crippen molar-refractivity contribution in [1.82, 2.24) is 0 Å². The van der Waals surface area contributed by atoms with Crippen molar-refractivity contribution in [2.75, 3.05) is 12.4 Å². The highest BCUT2D eigenvalue weighted by Gasteiger charge is 2.34. The molecule has 2 aromatic rings. The molecule has 0 heterocycles. The van der Waals surface area contributed by atoms with Gasteiger partial charge in [0.1, 0.15) is 4.75 Å². The maximum Gasteiger partial charge on any atom is 0.319 e. The van der Waals surface area contributed by atoms with Crippen molar-refractivity contribution < 1.29 is 15.0 Å². The van der Waals surface area contributed by atoms with Crippen molar-refractivity contribution >= 4 is 28.5 Å². The molecule has 0 aliphatic carbocycles. The van der Waals surface area contributed by atoms with Gasteiger partial charge in [0, 0.05) is 5.75 Å². The van der Waals surface area contributed by atoms with E-state index >= 15 is 0 Å². The first-order valence-electron chi connectivity index (χ1n) is 6.52. The third kappa shape index (κ3) is 3.14. The minimum Gasteiger partial charge on any atom is -0.480 e. The molecule has 0 saturated heterocycles. The number of carboxylic acids is 1. The van der Waals surface area contributed by atoms with Crippen LogP contribution < -0.4 is 0 Å². The molecular formula is C16H18O3S. The highest BCUT2D eigenvalue weighted by atomic mass is 32.2. The minimum atomic E-state index is -0.924. The molecule has 2 N–H and O–H groups in total. The maximum atomic E-state index is 11.6. The molecule has 3 nitrogen and oxygen atoms in total. The molecule has 0 amide bonds. The number of rotatable bonds is 6. The summed E-state index contributed by atoms with van der Waals surface area (Å²) in [5, 5.41) is 20.6. The lowest BCUT2D eigenvalue weighted by Crippen LogP contribution is -2.34. The lowest BCUT2D eigenvalue weighted by molar-refractivity contribution is -0.139. The standard InChI is InChI=1S/C16H18O3S/c1-16(15(18)19,20-10-9-17)11-13-7-4-6-12-5-2-3-8-14(12)13/h2-8,17H,9-11H2,1H3,(H,18,19). The van der Waals surface area contributed by atoms with Gasteiger partial charge in [-0.1, -0.05) is 42.5 Å². The van der Waals surface area contributed by atoms with Crippen LogP contribution in [0.4, 0.5) is 0 Å². The summed E-state index contributed by atoms with van der Waals surface area (Å²) in [7, 11) is 0. The number of hydrogen-bond donors (Lipinski definition) is 2. The molecule has 20 heavy (non-hydrogen) atoms. The average Bonchev–Trinajstić information content (AvgIpc) is 2.45. The fourth-order valence-electron chi connectivity index (χ4n) is 2.27. The summed E-state index contributed by atoms with van der Waals surface area (Å²) in [5.41, 5.74) is 1.03. The summed E-state index contributed by atoms with van der Waals surface area (Å²) in [6.45, 7) is 1.71. The fraction of sp³-hybridized carbons (Fsp3) is 0.312. The van der Waals surface area contributed by atoms with Crippen LogP contribution in [-0.4, -0.2) is 33.3 Å². The smallest absolute Gasteiger partial charge is 0.319 e. The molecule has 0 aromatic heterocycles. The number of fused-ring (bicyclic) bond motifs is 1. The molecule has 0 saturated carbocycles. The van der Waals surface area contributed by atoms with Crippen LogP contribution in [0.15, 0.2) is 42.5 Å². The SMILES string of the molecule is CC(Cc1cccc2ccccc12)(SCCO)C(=O)O. The Morgan fingerprint density at radius 1 is 1.20 bits per heavy atom. The van der Waals surface area contributed by atoms with Gasteiger partial charge in [-0.2, -0.15) is 0 Å². The normalized spacial score (nSPS) is 14.1. The number of benzene rings is 2. The van der Waals surface area contributed by atoms with Crippen molar-refractivity contribution in [2.24, 2.45) is 0 Å². The van der Waals surface area contributed by atoms with Crippen molar-refractivity contribution in [3.63, 3.8) is 0 Å². The zero-order valence-electron chi connectivity index (χ0n) is 11.4. The van der Waals surface area contributed by atoms with Crippen LogP contribution >= 0.6 is 11.8 Å². The molecule has 1 atom stereocenters. The number of aliphatic carboxylic acids is 1. The second-order valence-corrected chi connectivity index (χ2v) is 6.52. The zero-order valence-corrected chi connectivity index (χ0v) is 12.2. The Balaban J connectivity index is 2.36. The predicted molar refractivity (Wildman–Crippen MR) is 83.2 cm³/mol. The van der Waals surface area contributed by atoms with Gasteiger partial charge in [0.25, 0.3) is 0 Å². The summed E-state index contributed by atoms with van der Waals surface area (Å²) in [6.07, 6.45) is 0.439. The van der Waals surface area contributed by atoms with E-state index in [2.05, 4.69) is 0 Å². The van der Waals surface area contributed by atoms with Gasteiger partial charge in [-0.3, -0.25) is 4.79 Å². The number of carboxylic acid groups (broad SMARTS) is 1. The van der Waals surface area contributed by atoms with Crippen LogP contribution in [0, 0.1) is 0 Å². The Morgan fingerprint density at radius 2 is 1.90 bits per heavy atom. The third-order valence-electron chi connectivity index (χ3n) is 3.37. The van der Waals surface area contributed by atoms with Crippen LogP contribution in [-0.2, 0) is 11.2 Å². The number of hydrogen-bond acceptors (Lipinski definition) is 3. The van der Waals surface area contributed by atoms with Gasteiger partial charge in [0.2, 0.25) is 0 Å². The van der Waals surface area contributed by atoms with Crippen molar-refractivity contribution in [3.8, 4) is 0 Å². The lowest BCUT2D eigenvalue weighted by Gasteiger charge is -2.24. The molecule has 0 bridgehead atoms. The molecule has 0 aliphatic rings. The average molecular weight is 290 g/mol. The van der Waals surface area contributed by atoms with Crippen molar-refractivity contribution in [3.05, 3.63) is 48.0 Å². The molecule has 2 aromatic carbocycles. The summed E-state index contributed by atoms with van der Waals surface area (Å²) in [5.74, 6) is -0.419. The number of aliphatic hydroxyl groups excluding tert-OH is 1. The lowest BCUT2D eigenvalue weighted by atomic mass is 9.95. The highest BCUT2D eigenvalue weighted by Crippen LogP contribution is 2.32. The van der Waals surface area contributed by atoms with Crippen LogP contribution in [0.5, 0.6) is 0 Å². The molecular weight excluding hydrogens is 272 g/mol. The minimum absolute atomic E-state index is 0.0108. The second kappa shape index (κ2) is 6.29. The van der Waals surface area contributed by atoms with Gasteiger partial charge in [-0.05, 0) is 29.7 Å². The molecule has 1 unspecified atom stereocenters. The third-order valence-corrected chi connectivity index (χ3v) is 4.71. The Kier molecular flexibility index (Phi) is 4.68. The van der Waals surface area contributed by atoms with Gasteiger partial charge in [-0.25, -0.2) is 0 Å². The van der Waals surface area contributed by atoms with E-state index in [-0.39, 0.29) is 6.61 Å². The van der Waals surface area contributed by atoms with E-state index in [0.717, 1.165) is 16.3 Å². The van der Waals surface area contributed by atoms with Crippen molar-refractivity contribution in [1.29, 1.82) is 0 Å². The Labute approximate surface area is 122 Å². The molecule has 106 valence electrons. The second-order valence-electron chi connectivity index (χ2n) is 4.92. The van der Waals surface area contributed by atoms with Gasteiger partial charge >= 0.3 is 5.97 Å². The van der Waals surface area contributed by atoms with E-state index in [9.17, 15) is 9.90 Å². The first-order valence-corrected chi connectivity index (χ1v) is 7.50. The van der Waals surface area contributed by atoms with E-state index in [1.807, 2.05) is 42.5 Å². The molecule has 0 spiro atoms.